The average Bonchev–Trinajstić information content (AvgIpc) is 2.25. The highest BCUT2D eigenvalue weighted by atomic mass is 79.9. The molecule has 0 rings (SSSR count). The molecule has 116 valence electrons. The zero-order chi connectivity index (χ0) is 15.4. The summed E-state index contributed by atoms with van der Waals surface area (Å²) in [4.78, 5) is -0.341. The molecule has 4 atom stereocenters. The van der Waals surface area contributed by atoms with Crippen LogP contribution in [0.2, 0.25) is 18.1 Å². The number of halogens is 1. The Hall–Kier alpha value is 0.577. The lowest BCUT2D eigenvalue weighted by molar-refractivity contribution is 0.00885. The molecule has 0 aromatic heterocycles. The summed E-state index contributed by atoms with van der Waals surface area (Å²) in [5.41, 5.74) is 0. The molecule has 19 heavy (non-hydrogen) atoms. The van der Waals surface area contributed by atoms with Crippen LogP contribution < -0.4 is 0 Å². The Morgan fingerprint density at radius 2 is 1.68 bits per heavy atom. The Morgan fingerprint density at radius 3 is 2.05 bits per heavy atom. The summed E-state index contributed by atoms with van der Waals surface area (Å²) < 4.78 is 6.16. The zero-order valence-electron chi connectivity index (χ0n) is 13.4. The molecule has 0 aliphatic carbocycles. The third-order valence-corrected chi connectivity index (χ3v) is 9.77. The van der Waals surface area contributed by atoms with Crippen molar-refractivity contribution in [2.75, 3.05) is 0 Å². The second-order valence-corrected chi connectivity index (χ2v) is 12.7. The Kier molecular flexibility index (Phi) is 7.78. The first-order chi connectivity index (χ1) is 8.44. The van der Waals surface area contributed by atoms with Gasteiger partial charge in [-0.3, -0.25) is 0 Å². The summed E-state index contributed by atoms with van der Waals surface area (Å²) in [5.74, 6) is 0. The highest BCUT2D eigenvalue weighted by molar-refractivity contribution is 9.09. The predicted molar refractivity (Wildman–Crippen MR) is 87.4 cm³/mol. The highest BCUT2D eigenvalue weighted by Crippen LogP contribution is 2.38. The van der Waals surface area contributed by atoms with Gasteiger partial charge in [-0.15, -0.1) is 0 Å². The van der Waals surface area contributed by atoms with Crippen molar-refractivity contribution in [3.63, 3.8) is 0 Å². The van der Waals surface area contributed by atoms with Crippen molar-refractivity contribution in [2.24, 2.45) is 0 Å². The van der Waals surface area contributed by atoms with Crippen molar-refractivity contribution < 1.29 is 14.6 Å². The van der Waals surface area contributed by atoms with E-state index in [1.165, 1.54) is 0 Å². The minimum absolute atomic E-state index is 0.116. The third kappa shape index (κ3) is 5.84. The lowest BCUT2D eigenvalue weighted by atomic mass is 10.0. The molecule has 0 saturated carbocycles. The maximum absolute atomic E-state index is 10.3. The molecule has 0 aromatic rings. The molecule has 0 saturated heterocycles. The topological polar surface area (TPSA) is 49.7 Å². The van der Waals surface area contributed by atoms with Crippen LogP contribution in [0.3, 0.4) is 0 Å². The molecular weight excluding hydrogens is 324 g/mol. The molecule has 0 bridgehead atoms. The summed E-state index contributed by atoms with van der Waals surface area (Å²) in [6, 6.07) is 0. The first-order valence-electron chi connectivity index (χ1n) is 7.12. The fraction of sp³-hybridized carbons (Fsp3) is 1.00. The van der Waals surface area contributed by atoms with Gasteiger partial charge in [0.05, 0.1) is 23.1 Å². The van der Waals surface area contributed by atoms with Gasteiger partial charge in [0, 0.05) is 0 Å². The molecule has 0 heterocycles. The summed E-state index contributed by atoms with van der Waals surface area (Å²) >= 11 is 3.40. The van der Waals surface area contributed by atoms with Gasteiger partial charge in [-0.1, -0.05) is 50.0 Å². The second-order valence-electron chi connectivity index (χ2n) is 6.87. The number of hydrogen-bond donors (Lipinski definition) is 2. The minimum atomic E-state index is -1.89. The molecule has 0 amide bonds. The number of alkyl halides is 1. The molecular formula is C14H31BrO3Si. The van der Waals surface area contributed by atoms with Crippen molar-refractivity contribution in [2.45, 2.75) is 88.7 Å². The summed E-state index contributed by atoms with van der Waals surface area (Å²) in [7, 11) is -1.89. The van der Waals surface area contributed by atoms with Gasteiger partial charge in [-0.05, 0) is 31.5 Å². The Labute approximate surface area is 128 Å². The Balaban J connectivity index is 4.62. The molecule has 0 aromatic carbocycles. The third-order valence-electron chi connectivity index (χ3n) is 4.05. The molecule has 2 N–H and O–H groups in total. The van der Waals surface area contributed by atoms with Crippen molar-refractivity contribution in [1.82, 2.24) is 0 Å². The van der Waals surface area contributed by atoms with E-state index in [2.05, 4.69) is 49.8 Å². The van der Waals surface area contributed by atoms with E-state index in [-0.39, 0.29) is 16.0 Å². The summed E-state index contributed by atoms with van der Waals surface area (Å²) in [6.07, 6.45) is 0.0608. The summed E-state index contributed by atoms with van der Waals surface area (Å²) in [5, 5.41) is 20.4. The lowest BCUT2D eigenvalue weighted by Crippen LogP contribution is -2.49. The largest absolute Gasteiger partial charge is 0.412 e. The molecule has 0 aliphatic rings. The van der Waals surface area contributed by atoms with Gasteiger partial charge >= 0.3 is 0 Å². The quantitative estimate of drug-likeness (QED) is 0.541. The van der Waals surface area contributed by atoms with Crippen LogP contribution in [0.5, 0.6) is 0 Å². The van der Waals surface area contributed by atoms with E-state index in [0.29, 0.717) is 6.42 Å². The standard InChI is InChI=1S/C14H31BrO3Si/c1-8-9-11(16)12(15)13(17)10(2)18-19(6,7)14(3,4)5/h10-13,16-17H,8-9H2,1-7H3/t10-,11-,12+,13+/m0/s1. The number of rotatable bonds is 7. The minimum Gasteiger partial charge on any atom is -0.412 e. The highest BCUT2D eigenvalue weighted by Gasteiger charge is 2.40. The van der Waals surface area contributed by atoms with Crippen LogP contribution in [0.15, 0.2) is 0 Å². The van der Waals surface area contributed by atoms with Gasteiger partial charge in [0.1, 0.15) is 0 Å². The molecule has 0 unspecified atom stereocenters. The van der Waals surface area contributed by atoms with E-state index in [1.54, 1.807) is 0 Å². The van der Waals surface area contributed by atoms with Gasteiger partial charge in [-0.25, -0.2) is 0 Å². The predicted octanol–water partition coefficient (Wildman–Crippen LogP) is 3.68. The Morgan fingerprint density at radius 1 is 1.21 bits per heavy atom. The van der Waals surface area contributed by atoms with Crippen molar-refractivity contribution in [3.8, 4) is 0 Å². The van der Waals surface area contributed by atoms with Crippen LogP contribution >= 0.6 is 15.9 Å². The molecule has 0 radical (unpaired) electrons. The van der Waals surface area contributed by atoms with E-state index in [1.807, 2.05) is 13.8 Å². The van der Waals surface area contributed by atoms with Crippen molar-refractivity contribution in [1.29, 1.82) is 0 Å². The van der Waals surface area contributed by atoms with Gasteiger partial charge in [-0.2, -0.15) is 0 Å². The number of aliphatic hydroxyl groups excluding tert-OH is 2. The van der Waals surface area contributed by atoms with E-state index >= 15 is 0 Å². The zero-order valence-corrected chi connectivity index (χ0v) is 16.0. The van der Waals surface area contributed by atoms with Crippen LogP contribution in [0, 0.1) is 0 Å². The van der Waals surface area contributed by atoms with Crippen LogP contribution in [0.25, 0.3) is 0 Å². The van der Waals surface area contributed by atoms with Gasteiger partial charge in [0.2, 0.25) is 0 Å². The normalized spacial score (nSPS) is 19.9. The molecule has 0 fully saturated rings. The average molecular weight is 355 g/mol. The fourth-order valence-electron chi connectivity index (χ4n) is 1.65. The maximum Gasteiger partial charge on any atom is 0.192 e. The van der Waals surface area contributed by atoms with Crippen LogP contribution in [-0.4, -0.2) is 41.7 Å². The first-order valence-corrected chi connectivity index (χ1v) is 10.9. The smallest absolute Gasteiger partial charge is 0.192 e. The lowest BCUT2D eigenvalue weighted by Gasteiger charge is -2.40. The van der Waals surface area contributed by atoms with E-state index in [0.717, 1.165) is 6.42 Å². The molecule has 0 aliphatic heterocycles. The SMILES string of the molecule is CCC[C@H](O)[C@@H](Br)[C@H](O)[C@H](C)O[Si](C)(C)C(C)(C)C. The molecule has 5 heteroatoms. The summed E-state index contributed by atoms with van der Waals surface area (Å²) in [6.45, 7) is 14.8. The van der Waals surface area contributed by atoms with Crippen molar-refractivity contribution in [3.05, 3.63) is 0 Å². The number of hydrogen-bond acceptors (Lipinski definition) is 3. The van der Waals surface area contributed by atoms with Gasteiger partial charge < -0.3 is 14.6 Å². The van der Waals surface area contributed by atoms with Crippen LogP contribution in [-0.2, 0) is 4.43 Å². The Bertz CT molecular complexity index is 266. The second kappa shape index (κ2) is 7.55. The van der Waals surface area contributed by atoms with Crippen LogP contribution in [0.4, 0.5) is 0 Å². The van der Waals surface area contributed by atoms with Crippen molar-refractivity contribution >= 4 is 24.2 Å². The van der Waals surface area contributed by atoms with E-state index in [9.17, 15) is 10.2 Å². The molecule has 3 nitrogen and oxygen atoms in total. The monoisotopic (exact) mass is 354 g/mol. The van der Waals surface area contributed by atoms with E-state index < -0.39 is 20.5 Å². The van der Waals surface area contributed by atoms with E-state index in [4.69, 9.17) is 4.43 Å². The fourth-order valence-corrected chi connectivity index (χ4v) is 3.77. The van der Waals surface area contributed by atoms with Gasteiger partial charge in [0.25, 0.3) is 0 Å². The number of aliphatic hydroxyl groups is 2. The van der Waals surface area contributed by atoms with Gasteiger partial charge in [0.15, 0.2) is 8.32 Å². The molecule has 0 spiro atoms. The van der Waals surface area contributed by atoms with Crippen LogP contribution in [0.1, 0.15) is 47.5 Å². The first kappa shape index (κ1) is 19.6. The maximum atomic E-state index is 10.3.